The van der Waals surface area contributed by atoms with Crippen LogP contribution in [-0.2, 0) is 6.18 Å². The SMILES string of the molecule is Nc1nonc1-n1nnc(-c2ccccc2)c1C(=O)N/N=C/c1ccc(C(F)(F)F)cc1. The first kappa shape index (κ1) is 20.7. The van der Waals surface area contributed by atoms with Crippen molar-refractivity contribution in [2.45, 2.75) is 6.18 Å². The summed E-state index contributed by atoms with van der Waals surface area (Å²) in [7, 11) is 0. The summed E-state index contributed by atoms with van der Waals surface area (Å²) >= 11 is 0. The largest absolute Gasteiger partial charge is 0.416 e. The van der Waals surface area contributed by atoms with E-state index < -0.39 is 17.6 Å². The monoisotopic (exact) mass is 442 g/mol. The molecule has 2 heterocycles. The van der Waals surface area contributed by atoms with Crippen molar-refractivity contribution in [2.75, 3.05) is 5.73 Å². The molecule has 4 aromatic rings. The van der Waals surface area contributed by atoms with Crippen molar-refractivity contribution >= 4 is 17.9 Å². The Morgan fingerprint density at radius 2 is 1.81 bits per heavy atom. The minimum atomic E-state index is -4.44. The van der Waals surface area contributed by atoms with Crippen molar-refractivity contribution in [1.82, 2.24) is 30.7 Å². The van der Waals surface area contributed by atoms with E-state index in [1.165, 1.54) is 18.3 Å². The van der Waals surface area contributed by atoms with E-state index in [-0.39, 0.29) is 23.0 Å². The van der Waals surface area contributed by atoms with Gasteiger partial charge >= 0.3 is 6.18 Å². The number of amides is 1. The number of nitrogens with zero attached hydrogens (tertiary/aromatic N) is 6. The Kier molecular flexibility index (Phi) is 5.37. The second-order valence-electron chi connectivity index (χ2n) is 6.36. The van der Waals surface area contributed by atoms with Crippen LogP contribution < -0.4 is 11.2 Å². The van der Waals surface area contributed by atoms with Gasteiger partial charge in [-0.1, -0.05) is 47.7 Å². The third kappa shape index (κ3) is 4.16. The number of rotatable bonds is 5. The van der Waals surface area contributed by atoms with Crippen LogP contribution in [0.15, 0.2) is 64.3 Å². The van der Waals surface area contributed by atoms with E-state index in [2.05, 4.69) is 35.8 Å². The quantitative estimate of drug-likeness (QED) is 0.358. The normalized spacial score (nSPS) is 11.7. The molecular formula is C19H13F3N8O2. The Bertz CT molecular complexity index is 1260. The first-order valence-electron chi connectivity index (χ1n) is 8.95. The van der Waals surface area contributed by atoms with Gasteiger partial charge in [-0.15, -0.1) is 5.10 Å². The number of anilines is 1. The molecule has 0 aliphatic heterocycles. The van der Waals surface area contributed by atoms with Gasteiger partial charge in [0.05, 0.1) is 11.8 Å². The second kappa shape index (κ2) is 8.29. The molecule has 0 unspecified atom stereocenters. The smallest absolute Gasteiger partial charge is 0.378 e. The Morgan fingerprint density at radius 1 is 1.09 bits per heavy atom. The van der Waals surface area contributed by atoms with E-state index in [9.17, 15) is 18.0 Å². The van der Waals surface area contributed by atoms with Crippen LogP contribution >= 0.6 is 0 Å². The summed E-state index contributed by atoms with van der Waals surface area (Å²) in [6.45, 7) is 0. The highest BCUT2D eigenvalue weighted by Gasteiger charge is 2.30. The number of nitrogens with one attached hydrogen (secondary N) is 1. The fourth-order valence-electron chi connectivity index (χ4n) is 2.74. The highest BCUT2D eigenvalue weighted by atomic mass is 19.4. The fraction of sp³-hybridized carbons (Fsp3) is 0.0526. The van der Waals surface area contributed by atoms with Crippen molar-refractivity contribution in [3.05, 3.63) is 71.4 Å². The molecular weight excluding hydrogens is 429 g/mol. The zero-order valence-electron chi connectivity index (χ0n) is 16.0. The first-order valence-corrected chi connectivity index (χ1v) is 8.95. The highest BCUT2D eigenvalue weighted by molar-refractivity contribution is 5.99. The maximum absolute atomic E-state index is 12.9. The third-order valence-corrected chi connectivity index (χ3v) is 4.25. The van der Waals surface area contributed by atoms with Crippen molar-refractivity contribution in [3.8, 4) is 17.1 Å². The molecule has 10 nitrogen and oxygen atoms in total. The number of benzene rings is 2. The minimum Gasteiger partial charge on any atom is -0.378 e. The average molecular weight is 442 g/mol. The van der Waals surface area contributed by atoms with Crippen LogP contribution in [0.3, 0.4) is 0 Å². The third-order valence-electron chi connectivity index (χ3n) is 4.25. The summed E-state index contributed by atoms with van der Waals surface area (Å²) < 4.78 is 43.6. The molecule has 0 bridgehead atoms. The molecule has 3 N–H and O–H groups in total. The van der Waals surface area contributed by atoms with Gasteiger partial charge in [-0.05, 0) is 28.0 Å². The maximum Gasteiger partial charge on any atom is 0.416 e. The lowest BCUT2D eigenvalue weighted by atomic mass is 10.1. The summed E-state index contributed by atoms with van der Waals surface area (Å²) in [5.41, 5.74) is 8.32. The van der Waals surface area contributed by atoms with E-state index in [1.54, 1.807) is 30.3 Å². The molecule has 0 aliphatic carbocycles. The number of alkyl halides is 3. The number of hydrazone groups is 1. The standard InChI is InChI=1S/C19H13F3N8O2/c20-19(21,22)13-8-6-11(7-9-13)10-24-26-18(31)15-14(12-4-2-1-3-5-12)25-29-30(15)17-16(23)27-32-28-17/h1-10H,(H2,23,27)(H,26,31)/b24-10+. The average Bonchev–Trinajstić information content (AvgIpc) is 3.40. The van der Waals surface area contributed by atoms with Crippen LogP contribution in [0.2, 0.25) is 0 Å². The van der Waals surface area contributed by atoms with Gasteiger partial charge in [0.15, 0.2) is 5.69 Å². The van der Waals surface area contributed by atoms with Crippen LogP contribution in [0.5, 0.6) is 0 Å². The zero-order chi connectivity index (χ0) is 22.7. The second-order valence-corrected chi connectivity index (χ2v) is 6.36. The van der Waals surface area contributed by atoms with Crippen LogP contribution in [0.1, 0.15) is 21.6 Å². The van der Waals surface area contributed by atoms with Crippen LogP contribution in [0.4, 0.5) is 19.0 Å². The molecule has 0 spiro atoms. The number of hydrogen-bond acceptors (Lipinski definition) is 8. The Hall–Kier alpha value is -4.55. The molecule has 162 valence electrons. The van der Waals surface area contributed by atoms with Crippen molar-refractivity contribution in [2.24, 2.45) is 5.10 Å². The first-order chi connectivity index (χ1) is 15.3. The lowest BCUT2D eigenvalue weighted by Crippen LogP contribution is -2.22. The van der Waals surface area contributed by atoms with E-state index in [4.69, 9.17) is 5.73 Å². The molecule has 2 aromatic carbocycles. The number of aromatic nitrogens is 5. The molecule has 0 fully saturated rings. The van der Waals surface area contributed by atoms with Gasteiger partial charge in [0.2, 0.25) is 11.6 Å². The molecule has 0 saturated carbocycles. The van der Waals surface area contributed by atoms with Gasteiger partial charge < -0.3 is 5.73 Å². The van der Waals surface area contributed by atoms with Crippen molar-refractivity contribution < 1.29 is 22.6 Å². The number of nitrogens with two attached hydrogens (primary N) is 1. The summed E-state index contributed by atoms with van der Waals surface area (Å²) in [6, 6.07) is 13.0. The van der Waals surface area contributed by atoms with Crippen molar-refractivity contribution in [3.63, 3.8) is 0 Å². The maximum atomic E-state index is 12.9. The number of carbonyl (C=O) groups excluding carboxylic acids is 1. The van der Waals surface area contributed by atoms with Gasteiger partial charge in [-0.2, -0.15) is 23.0 Å². The molecule has 2 aromatic heterocycles. The topological polar surface area (TPSA) is 137 Å². The van der Waals surface area contributed by atoms with Crippen LogP contribution in [0, 0.1) is 0 Å². The van der Waals surface area contributed by atoms with Gasteiger partial charge in [0.1, 0.15) is 5.69 Å². The van der Waals surface area contributed by atoms with E-state index >= 15 is 0 Å². The number of carbonyl (C=O) groups is 1. The fourth-order valence-corrected chi connectivity index (χ4v) is 2.74. The number of hydrogen-bond donors (Lipinski definition) is 2. The predicted molar refractivity (Wildman–Crippen MR) is 106 cm³/mol. The highest BCUT2D eigenvalue weighted by Crippen LogP contribution is 2.29. The number of nitrogen functional groups attached to an aromatic ring is 1. The molecule has 0 aliphatic rings. The lowest BCUT2D eigenvalue weighted by Gasteiger charge is -2.06. The van der Waals surface area contributed by atoms with Gasteiger partial charge in [0, 0.05) is 5.56 Å². The van der Waals surface area contributed by atoms with Gasteiger partial charge in [-0.25, -0.2) is 10.1 Å². The molecule has 0 saturated heterocycles. The van der Waals surface area contributed by atoms with Gasteiger partial charge in [-0.3, -0.25) is 4.79 Å². The van der Waals surface area contributed by atoms with Gasteiger partial charge in [0.25, 0.3) is 5.91 Å². The molecule has 0 radical (unpaired) electrons. The molecule has 0 atom stereocenters. The molecule has 13 heteroatoms. The summed E-state index contributed by atoms with van der Waals surface area (Å²) in [4.78, 5) is 12.9. The molecule has 32 heavy (non-hydrogen) atoms. The number of halogens is 3. The Morgan fingerprint density at radius 3 is 2.44 bits per heavy atom. The Labute approximate surface area is 177 Å². The summed E-state index contributed by atoms with van der Waals surface area (Å²) in [5, 5.41) is 18.9. The minimum absolute atomic E-state index is 0.0449. The Balaban J connectivity index is 1.62. The predicted octanol–water partition coefficient (Wildman–Crippen LogP) is 2.68. The van der Waals surface area contributed by atoms with E-state index in [0.29, 0.717) is 11.1 Å². The van der Waals surface area contributed by atoms with Crippen molar-refractivity contribution in [1.29, 1.82) is 0 Å². The van der Waals surface area contributed by atoms with E-state index in [1.807, 2.05) is 0 Å². The zero-order valence-corrected chi connectivity index (χ0v) is 16.0. The van der Waals surface area contributed by atoms with Crippen LogP contribution in [-0.4, -0.2) is 37.4 Å². The molecule has 4 rings (SSSR count). The molecule has 1 amide bonds. The van der Waals surface area contributed by atoms with Crippen LogP contribution in [0.25, 0.3) is 17.1 Å². The van der Waals surface area contributed by atoms with E-state index in [0.717, 1.165) is 16.8 Å². The summed E-state index contributed by atoms with van der Waals surface area (Å²) in [6.07, 6.45) is -3.25. The lowest BCUT2D eigenvalue weighted by molar-refractivity contribution is -0.137. The summed E-state index contributed by atoms with van der Waals surface area (Å²) in [5.74, 6) is -0.882.